The Morgan fingerprint density at radius 1 is 1.00 bits per heavy atom. The number of hydrogen-bond acceptors (Lipinski definition) is 4. The standard InChI is InChI=1S/C26H24F6N2O3/c27-25(28,29)17-10-15(11-18(12-17)26(30,31)32)14-37-19-13-23-20(22(35)34-6-8-36-9-7-34)21(23)33-24(19,23)16-4-2-1-3-5-16/h1-5,10-12,19-21,33H,6-9,13-14H2. The third-order valence-electron chi connectivity index (χ3n) is 8.37. The van der Waals surface area contributed by atoms with Gasteiger partial charge in [-0.2, -0.15) is 26.3 Å². The maximum Gasteiger partial charge on any atom is 0.416 e. The second kappa shape index (κ2) is 8.18. The highest BCUT2D eigenvalue weighted by Gasteiger charge is 2.93. The summed E-state index contributed by atoms with van der Waals surface area (Å²) in [5, 5.41) is 3.50. The van der Waals surface area contributed by atoms with Crippen molar-refractivity contribution in [2.45, 2.75) is 43.1 Å². The van der Waals surface area contributed by atoms with Crippen LogP contribution in [-0.4, -0.2) is 49.3 Å². The van der Waals surface area contributed by atoms with E-state index < -0.39 is 41.7 Å². The topological polar surface area (TPSA) is 50.8 Å². The predicted octanol–water partition coefficient (Wildman–Crippen LogP) is 4.36. The van der Waals surface area contributed by atoms with Gasteiger partial charge in [0.25, 0.3) is 0 Å². The van der Waals surface area contributed by atoms with Gasteiger partial charge < -0.3 is 19.7 Å². The second-order valence-corrected chi connectivity index (χ2v) is 10.2. The number of ether oxygens (including phenoxy) is 2. The third kappa shape index (κ3) is 3.61. The quantitative estimate of drug-likeness (QED) is 0.589. The Morgan fingerprint density at radius 3 is 2.22 bits per heavy atom. The molecular formula is C26H24F6N2O3. The van der Waals surface area contributed by atoms with E-state index in [9.17, 15) is 31.1 Å². The summed E-state index contributed by atoms with van der Waals surface area (Å²) in [5.74, 6) is -0.208. The van der Waals surface area contributed by atoms with Crippen LogP contribution in [0.25, 0.3) is 0 Å². The van der Waals surface area contributed by atoms with Gasteiger partial charge in [-0.1, -0.05) is 30.3 Å². The molecule has 1 N–H and O–H groups in total. The zero-order chi connectivity index (χ0) is 26.2. The first-order valence-electron chi connectivity index (χ1n) is 12.1. The van der Waals surface area contributed by atoms with E-state index in [4.69, 9.17) is 9.47 Å². The molecule has 5 atom stereocenters. The Hall–Kier alpha value is -2.63. The van der Waals surface area contributed by atoms with Crippen LogP contribution in [0.2, 0.25) is 0 Å². The molecule has 198 valence electrons. The smallest absolute Gasteiger partial charge is 0.378 e. The predicted molar refractivity (Wildman–Crippen MR) is 118 cm³/mol. The van der Waals surface area contributed by atoms with E-state index in [1.807, 2.05) is 30.3 Å². The fourth-order valence-corrected chi connectivity index (χ4v) is 6.65. The summed E-state index contributed by atoms with van der Waals surface area (Å²) >= 11 is 0. The van der Waals surface area contributed by atoms with Gasteiger partial charge in [0.2, 0.25) is 5.91 Å². The molecule has 1 amide bonds. The van der Waals surface area contributed by atoms with Crippen molar-refractivity contribution in [3.8, 4) is 0 Å². The van der Waals surface area contributed by atoms with Crippen molar-refractivity contribution in [3.63, 3.8) is 0 Å². The van der Waals surface area contributed by atoms with E-state index in [0.717, 1.165) is 5.56 Å². The van der Waals surface area contributed by atoms with Crippen molar-refractivity contribution in [2.24, 2.45) is 11.3 Å². The molecule has 6 rings (SSSR count). The molecule has 4 fully saturated rings. The number of rotatable bonds is 5. The number of piperidine rings is 1. The largest absolute Gasteiger partial charge is 0.416 e. The Morgan fingerprint density at radius 2 is 1.62 bits per heavy atom. The molecule has 5 unspecified atom stereocenters. The molecule has 2 aliphatic carbocycles. The Bertz CT molecular complexity index is 1180. The lowest BCUT2D eigenvalue weighted by Crippen LogP contribution is -2.77. The molecular weight excluding hydrogens is 502 g/mol. The molecule has 0 radical (unpaired) electrons. The maximum atomic E-state index is 13.3. The van der Waals surface area contributed by atoms with Gasteiger partial charge in [0.1, 0.15) is 0 Å². The number of alkyl halides is 6. The summed E-state index contributed by atoms with van der Waals surface area (Å²) in [4.78, 5) is 15.1. The number of halogens is 6. The van der Waals surface area contributed by atoms with Crippen LogP contribution < -0.4 is 5.32 Å². The molecule has 37 heavy (non-hydrogen) atoms. The number of carbonyl (C=O) groups excluding carboxylic acids is 1. The van der Waals surface area contributed by atoms with Gasteiger partial charge >= 0.3 is 12.4 Å². The first-order chi connectivity index (χ1) is 17.5. The van der Waals surface area contributed by atoms with Gasteiger partial charge in [0, 0.05) is 24.5 Å². The monoisotopic (exact) mass is 526 g/mol. The third-order valence-corrected chi connectivity index (χ3v) is 8.37. The van der Waals surface area contributed by atoms with Crippen LogP contribution in [0.15, 0.2) is 48.5 Å². The Balaban J connectivity index is 1.25. The van der Waals surface area contributed by atoms with E-state index in [0.29, 0.717) is 44.9 Å². The molecule has 0 bridgehead atoms. The van der Waals surface area contributed by atoms with Crippen LogP contribution in [0.1, 0.15) is 28.7 Å². The lowest BCUT2D eigenvalue weighted by molar-refractivity contribution is -0.191. The second-order valence-electron chi connectivity index (χ2n) is 10.2. The summed E-state index contributed by atoms with van der Waals surface area (Å²) in [6.45, 7) is 1.59. The summed E-state index contributed by atoms with van der Waals surface area (Å²) in [6.07, 6.45) is -9.87. The molecule has 5 nitrogen and oxygen atoms in total. The zero-order valence-corrected chi connectivity index (χ0v) is 19.5. The van der Waals surface area contributed by atoms with Gasteiger partial charge in [-0.15, -0.1) is 0 Å². The van der Waals surface area contributed by atoms with Crippen molar-refractivity contribution in [1.82, 2.24) is 10.2 Å². The summed E-state index contributed by atoms with van der Waals surface area (Å²) in [6, 6.07) is 10.8. The minimum absolute atomic E-state index is 0.0340. The Kier molecular flexibility index (Phi) is 5.46. The van der Waals surface area contributed by atoms with Crippen molar-refractivity contribution in [3.05, 3.63) is 70.8 Å². The van der Waals surface area contributed by atoms with Gasteiger partial charge in [-0.25, -0.2) is 0 Å². The zero-order valence-electron chi connectivity index (χ0n) is 19.5. The number of nitrogens with one attached hydrogen (secondary N) is 1. The number of benzene rings is 2. The van der Waals surface area contributed by atoms with Crippen LogP contribution in [0.3, 0.4) is 0 Å². The van der Waals surface area contributed by atoms with Crippen LogP contribution >= 0.6 is 0 Å². The van der Waals surface area contributed by atoms with Crippen molar-refractivity contribution < 1.29 is 40.6 Å². The van der Waals surface area contributed by atoms with Crippen molar-refractivity contribution in [1.29, 1.82) is 0 Å². The molecule has 4 aliphatic rings. The molecule has 11 heteroatoms. The first-order valence-corrected chi connectivity index (χ1v) is 12.1. The number of amides is 1. The number of morpholine rings is 1. The minimum Gasteiger partial charge on any atom is -0.378 e. The van der Waals surface area contributed by atoms with Crippen LogP contribution in [-0.2, 0) is 38.8 Å². The fourth-order valence-electron chi connectivity index (χ4n) is 6.65. The van der Waals surface area contributed by atoms with Crippen LogP contribution in [0.5, 0.6) is 0 Å². The van der Waals surface area contributed by atoms with Gasteiger partial charge in [-0.3, -0.25) is 4.79 Å². The Labute approximate surface area is 208 Å². The molecule has 2 aromatic carbocycles. The average molecular weight is 526 g/mol. The average Bonchev–Trinajstić information content (AvgIpc) is 3.48. The van der Waals surface area contributed by atoms with E-state index in [-0.39, 0.29) is 34.9 Å². The highest BCUT2D eigenvalue weighted by molar-refractivity contribution is 5.87. The lowest BCUT2D eigenvalue weighted by Gasteiger charge is -2.64. The van der Waals surface area contributed by atoms with Crippen LogP contribution in [0, 0.1) is 11.3 Å². The molecule has 2 aromatic rings. The normalized spacial score (nSPS) is 32.6. The highest BCUT2D eigenvalue weighted by Crippen LogP contribution is 2.82. The SMILES string of the molecule is O=C(C1C2NC3(c4ccccc4)C(OCc4cc(C(F)(F)F)cc(C(F)(F)F)c4)CC213)N1CCOCC1. The maximum absolute atomic E-state index is 13.3. The van der Waals surface area contributed by atoms with Crippen molar-refractivity contribution >= 4 is 5.91 Å². The number of hydrogen-bond donors (Lipinski definition) is 1. The number of nitrogens with zero attached hydrogens (tertiary/aromatic N) is 1. The fraction of sp³-hybridized carbons (Fsp3) is 0.500. The molecule has 2 saturated carbocycles. The van der Waals surface area contributed by atoms with Crippen LogP contribution in [0.4, 0.5) is 26.3 Å². The van der Waals surface area contributed by atoms with E-state index in [2.05, 4.69) is 5.32 Å². The van der Waals surface area contributed by atoms with Gasteiger partial charge in [0.15, 0.2) is 0 Å². The lowest BCUT2D eigenvalue weighted by atomic mass is 9.52. The summed E-state index contributed by atoms with van der Waals surface area (Å²) in [5.41, 5.74) is -3.16. The van der Waals surface area contributed by atoms with Gasteiger partial charge in [0.05, 0.1) is 48.5 Å². The molecule has 2 heterocycles. The molecule has 0 aromatic heterocycles. The van der Waals surface area contributed by atoms with E-state index in [1.165, 1.54) is 0 Å². The summed E-state index contributed by atoms with van der Waals surface area (Å²) in [7, 11) is 0. The minimum atomic E-state index is -4.92. The molecule has 2 aliphatic heterocycles. The van der Waals surface area contributed by atoms with E-state index >= 15 is 0 Å². The van der Waals surface area contributed by atoms with Crippen molar-refractivity contribution in [2.75, 3.05) is 26.3 Å². The molecule has 2 saturated heterocycles. The first kappa shape index (κ1) is 24.7. The molecule has 1 spiro atoms. The number of carbonyl (C=O) groups is 1. The van der Waals surface area contributed by atoms with Gasteiger partial charge in [-0.05, 0) is 35.7 Å². The van der Waals surface area contributed by atoms with E-state index in [1.54, 1.807) is 4.90 Å². The summed E-state index contributed by atoms with van der Waals surface area (Å²) < 4.78 is 91.1. The highest BCUT2D eigenvalue weighted by atomic mass is 19.4.